The van der Waals surface area contributed by atoms with Crippen LogP contribution in [0.25, 0.3) is 11.4 Å². The molecule has 2 N–H and O–H groups in total. The molecule has 170 valence electrons. The Hall–Kier alpha value is -3.54. The number of aryl methyl sites for hydroxylation is 3. The van der Waals surface area contributed by atoms with Gasteiger partial charge in [0.15, 0.2) is 11.5 Å². The van der Waals surface area contributed by atoms with Gasteiger partial charge in [-0.25, -0.2) is 27.3 Å². The Kier molecular flexibility index (Phi) is 6.44. The molecule has 32 heavy (non-hydrogen) atoms. The second-order valence-corrected chi connectivity index (χ2v) is 9.10. The minimum Gasteiger partial charge on any atom is -0.441 e. The van der Waals surface area contributed by atoms with Gasteiger partial charge in [0.05, 0.1) is 23.3 Å². The van der Waals surface area contributed by atoms with E-state index in [0.717, 1.165) is 6.26 Å². The van der Waals surface area contributed by atoms with E-state index in [1.165, 1.54) is 16.8 Å². The van der Waals surface area contributed by atoms with Crippen LogP contribution >= 0.6 is 0 Å². The van der Waals surface area contributed by atoms with Crippen LogP contribution in [0.15, 0.2) is 30.3 Å². The fourth-order valence-electron chi connectivity index (χ4n) is 3.02. The lowest BCUT2D eigenvalue weighted by Gasteiger charge is -2.15. The fraction of sp³-hybridized carbons (Fsp3) is 0.300. The van der Waals surface area contributed by atoms with Gasteiger partial charge in [-0.05, 0) is 56.2 Å². The van der Waals surface area contributed by atoms with E-state index < -0.39 is 28.0 Å². The number of anilines is 2. The minimum atomic E-state index is -3.46. The molecule has 1 atom stereocenters. The average molecular weight is 463 g/mol. The van der Waals surface area contributed by atoms with E-state index in [1.807, 2.05) is 0 Å². The highest BCUT2D eigenvalue weighted by Crippen LogP contribution is 2.27. The quantitative estimate of drug-likeness (QED) is 0.575. The first-order valence-electron chi connectivity index (χ1n) is 9.53. The van der Waals surface area contributed by atoms with Gasteiger partial charge in [-0.1, -0.05) is 11.3 Å². The average Bonchev–Trinajstić information content (AvgIpc) is 3.02. The zero-order valence-electron chi connectivity index (χ0n) is 18.2. The van der Waals surface area contributed by atoms with Gasteiger partial charge in [-0.3, -0.25) is 10.0 Å². The second-order valence-electron chi connectivity index (χ2n) is 7.35. The number of amides is 1. The number of halogens is 1. The molecular weight excluding hydrogens is 439 g/mol. The van der Waals surface area contributed by atoms with E-state index in [0.29, 0.717) is 28.2 Å². The van der Waals surface area contributed by atoms with Gasteiger partial charge in [-0.2, -0.15) is 0 Å². The van der Waals surface area contributed by atoms with Gasteiger partial charge < -0.3 is 4.74 Å². The van der Waals surface area contributed by atoms with Crippen molar-refractivity contribution >= 4 is 27.6 Å². The Balaban J connectivity index is 1.80. The van der Waals surface area contributed by atoms with Crippen LogP contribution in [-0.2, 0) is 21.8 Å². The van der Waals surface area contributed by atoms with E-state index in [-0.39, 0.29) is 11.5 Å². The van der Waals surface area contributed by atoms with Gasteiger partial charge >= 0.3 is 6.09 Å². The molecule has 0 spiro atoms. The molecule has 0 fully saturated rings. The van der Waals surface area contributed by atoms with Gasteiger partial charge in [0.25, 0.3) is 0 Å². The number of nitrogens with one attached hydrogen (secondary N) is 2. The Morgan fingerprint density at radius 2 is 1.94 bits per heavy atom. The number of ether oxygens (including phenoxy) is 1. The number of sulfonamides is 1. The maximum absolute atomic E-state index is 13.7. The first-order valence-corrected chi connectivity index (χ1v) is 11.4. The summed E-state index contributed by atoms with van der Waals surface area (Å²) in [6.07, 6.45) is -0.433. The maximum Gasteiger partial charge on any atom is 0.413 e. The molecule has 0 saturated carbocycles. The van der Waals surface area contributed by atoms with Gasteiger partial charge in [0.2, 0.25) is 10.0 Å². The van der Waals surface area contributed by atoms with Crippen LogP contribution in [0.4, 0.5) is 20.7 Å². The maximum atomic E-state index is 13.7. The molecule has 0 bridgehead atoms. The molecule has 10 nitrogen and oxygen atoms in total. The SMILES string of the molecule is Cc1cc(F)cc([C@@H](C)OC(=O)Nc2c(-c3ccc(NS(C)(=O)=O)c(C)n3)nnn2C)c1. The summed E-state index contributed by atoms with van der Waals surface area (Å²) >= 11 is 0. The summed E-state index contributed by atoms with van der Waals surface area (Å²) in [4.78, 5) is 16.8. The molecule has 0 aliphatic rings. The Morgan fingerprint density at radius 3 is 2.56 bits per heavy atom. The molecule has 0 radical (unpaired) electrons. The van der Waals surface area contributed by atoms with Crippen molar-refractivity contribution in [2.24, 2.45) is 7.05 Å². The molecule has 12 heteroatoms. The predicted octanol–water partition coefficient (Wildman–Crippen LogP) is 3.31. The van der Waals surface area contributed by atoms with Crippen LogP contribution in [-0.4, -0.2) is 40.7 Å². The number of pyridine rings is 1. The molecule has 2 aromatic heterocycles. The first-order chi connectivity index (χ1) is 14.9. The van der Waals surface area contributed by atoms with Crippen molar-refractivity contribution in [2.45, 2.75) is 26.9 Å². The number of carbonyl (C=O) groups is 1. The van der Waals surface area contributed by atoms with Crippen molar-refractivity contribution in [3.05, 3.63) is 53.0 Å². The van der Waals surface area contributed by atoms with Gasteiger partial charge in [-0.15, -0.1) is 5.10 Å². The van der Waals surface area contributed by atoms with Gasteiger partial charge in [0.1, 0.15) is 11.9 Å². The molecule has 3 aromatic rings. The summed E-state index contributed by atoms with van der Waals surface area (Å²) in [6, 6.07) is 7.52. The number of carbonyl (C=O) groups excluding carboxylic acids is 1. The number of hydrogen-bond donors (Lipinski definition) is 2. The number of nitrogens with zero attached hydrogens (tertiary/aromatic N) is 4. The molecule has 1 aromatic carbocycles. The highest BCUT2D eigenvalue weighted by molar-refractivity contribution is 7.92. The number of hydrogen-bond acceptors (Lipinski definition) is 7. The lowest BCUT2D eigenvalue weighted by molar-refractivity contribution is 0.120. The van der Waals surface area contributed by atoms with Crippen LogP contribution in [0.5, 0.6) is 0 Å². The monoisotopic (exact) mass is 462 g/mol. The Morgan fingerprint density at radius 1 is 1.22 bits per heavy atom. The number of rotatable bonds is 6. The summed E-state index contributed by atoms with van der Waals surface area (Å²) in [5.74, 6) is -0.183. The smallest absolute Gasteiger partial charge is 0.413 e. The lowest BCUT2D eigenvalue weighted by atomic mass is 10.1. The van der Waals surface area contributed by atoms with Crippen molar-refractivity contribution in [3.8, 4) is 11.4 Å². The van der Waals surface area contributed by atoms with Gasteiger partial charge in [0, 0.05) is 7.05 Å². The van der Waals surface area contributed by atoms with Crippen molar-refractivity contribution in [2.75, 3.05) is 16.3 Å². The van der Waals surface area contributed by atoms with Crippen LogP contribution in [0.2, 0.25) is 0 Å². The molecule has 0 aliphatic heterocycles. The van der Waals surface area contributed by atoms with Crippen LogP contribution in [0.1, 0.15) is 29.8 Å². The van der Waals surface area contributed by atoms with E-state index in [2.05, 4.69) is 25.3 Å². The standard InChI is InChI=1S/C20H23FN6O4S/c1-11-8-14(10-15(21)9-11)13(3)31-20(28)23-19-18(24-26-27(19)4)17-7-6-16(12(2)22-17)25-32(5,29)30/h6-10,13,25H,1-5H3,(H,23,28)/t13-/m1/s1. The molecule has 2 heterocycles. The van der Waals surface area contributed by atoms with Crippen LogP contribution in [0.3, 0.4) is 0 Å². The van der Waals surface area contributed by atoms with E-state index in [4.69, 9.17) is 4.74 Å². The third-order valence-corrected chi connectivity index (χ3v) is 5.08. The number of aromatic nitrogens is 4. The largest absolute Gasteiger partial charge is 0.441 e. The van der Waals surface area contributed by atoms with Crippen molar-refractivity contribution in [1.82, 2.24) is 20.0 Å². The molecule has 0 aliphatic carbocycles. The molecule has 1 amide bonds. The summed E-state index contributed by atoms with van der Waals surface area (Å²) in [7, 11) is -1.87. The Bertz CT molecular complexity index is 1250. The van der Waals surface area contributed by atoms with Crippen molar-refractivity contribution < 1.29 is 22.3 Å². The zero-order valence-corrected chi connectivity index (χ0v) is 19.0. The second kappa shape index (κ2) is 8.91. The highest BCUT2D eigenvalue weighted by Gasteiger charge is 2.20. The summed E-state index contributed by atoms with van der Waals surface area (Å²) in [5, 5.41) is 10.5. The minimum absolute atomic E-state index is 0.230. The zero-order chi connectivity index (χ0) is 23.6. The normalized spacial score (nSPS) is 12.3. The first kappa shape index (κ1) is 23.1. The highest BCUT2D eigenvalue weighted by atomic mass is 32.2. The summed E-state index contributed by atoms with van der Waals surface area (Å²) in [6.45, 7) is 5.02. The third kappa shape index (κ3) is 5.58. The molecular formula is C20H23FN6O4S. The van der Waals surface area contributed by atoms with E-state index in [9.17, 15) is 17.6 Å². The summed E-state index contributed by atoms with van der Waals surface area (Å²) < 4.78 is 45.7. The topological polar surface area (TPSA) is 128 Å². The molecule has 0 saturated heterocycles. The van der Waals surface area contributed by atoms with Crippen LogP contribution in [0, 0.1) is 19.7 Å². The van der Waals surface area contributed by atoms with Crippen LogP contribution < -0.4 is 10.0 Å². The fourth-order valence-corrected chi connectivity index (χ4v) is 3.64. The predicted molar refractivity (Wildman–Crippen MR) is 117 cm³/mol. The summed E-state index contributed by atoms with van der Waals surface area (Å²) in [5.41, 5.74) is 2.62. The molecule has 0 unspecified atom stereocenters. The Labute approximate surface area is 184 Å². The van der Waals surface area contributed by atoms with Crippen molar-refractivity contribution in [3.63, 3.8) is 0 Å². The third-order valence-electron chi connectivity index (χ3n) is 4.49. The van der Waals surface area contributed by atoms with E-state index >= 15 is 0 Å². The molecule has 3 rings (SSSR count). The lowest BCUT2D eigenvalue weighted by Crippen LogP contribution is -2.18. The number of benzene rings is 1. The van der Waals surface area contributed by atoms with E-state index in [1.54, 1.807) is 46.0 Å². The van der Waals surface area contributed by atoms with Crippen molar-refractivity contribution in [1.29, 1.82) is 0 Å².